The molecule has 1 amide bonds. The van der Waals surface area contributed by atoms with Gasteiger partial charge in [0, 0.05) is 15.6 Å². The summed E-state index contributed by atoms with van der Waals surface area (Å²) in [5.74, 6) is -0.294. The first-order valence-electron chi connectivity index (χ1n) is 5.89. The Bertz CT molecular complexity index is 746. The number of aromatic hydroxyl groups is 2. The molecule has 0 aliphatic carbocycles. The molecular weight excluding hydrogens is 484 g/mol. The summed E-state index contributed by atoms with van der Waals surface area (Å²) in [4.78, 5) is 11.9. The third kappa shape index (κ3) is 3.88. The molecule has 2 aromatic rings. The van der Waals surface area contributed by atoms with Crippen LogP contribution in [0.15, 0.2) is 48.9 Å². The molecule has 0 aliphatic rings. The van der Waals surface area contributed by atoms with Crippen LogP contribution in [0.2, 0.25) is 0 Å². The zero-order valence-corrected chi connectivity index (χ0v) is 15.6. The Morgan fingerprint density at radius 2 is 1.73 bits per heavy atom. The normalized spacial score (nSPS) is 10.9. The van der Waals surface area contributed by atoms with Crippen LogP contribution in [-0.2, 0) is 0 Å². The summed E-state index contributed by atoms with van der Waals surface area (Å²) < 4.78 is 1.65. The van der Waals surface area contributed by atoms with Crippen molar-refractivity contribution in [2.45, 2.75) is 0 Å². The summed E-state index contributed by atoms with van der Waals surface area (Å²) in [6, 6.07) is 7.47. The van der Waals surface area contributed by atoms with Gasteiger partial charge in [-0.05, 0) is 62.2 Å². The Hall–Kier alpha value is -1.38. The predicted octanol–water partition coefficient (Wildman–Crippen LogP) is 4.15. The fourth-order valence-corrected chi connectivity index (χ4v) is 3.87. The van der Waals surface area contributed by atoms with Crippen LogP contribution in [0.3, 0.4) is 0 Å². The largest absolute Gasteiger partial charge is 0.508 e. The van der Waals surface area contributed by atoms with E-state index in [1.807, 2.05) is 0 Å². The lowest BCUT2D eigenvalue weighted by atomic mass is 10.2. The number of benzene rings is 2. The number of hydrazone groups is 1. The van der Waals surface area contributed by atoms with Crippen LogP contribution in [0, 0.1) is 0 Å². The highest BCUT2D eigenvalue weighted by atomic mass is 79.9. The van der Waals surface area contributed by atoms with E-state index < -0.39 is 5.91 Å². The topological polar surface area (TPSA) is 81.9 Å². The molecule has 0 bridgehead atoms. The maximum absolute atomic E-state index is 11.9. The summed E-state index contributed by atoms with van der Waals surface area (Å²) in [5, 5.41) is 22.9. The zero-order chi connectivity index (χ0) is 16.3. The first-order valence-corrected chi connectivity index (χ1v) is 8.27. The lowest BCUT2D eigenvalue weighted by molar-refractivity contribution is 0.0955. The van der Waals surface area contributed by atoms with Gasteiger partial charge in [-0.2, -0.15) is 5.10 Å². The Balaban J connectivity index is 2.15. The van der Waals surface area contributed by atoms with Crippen molar-refractivity contribution in [1.82, 2.24) is 5.43 Å². The van der Waals surface area contributed by atoms with Gasteiger partial charge >= 0.3 is 0 Å². The van der Waals surface area contributed by atoms with Crippen molar-refractivity contribution in [2.75, 3.05) is 0 Å². The highest BCUT2D eigenvalue weighted by Gasteiger charge is 2.12. The number of phenolic OH excluding ortho intramolecular Hbond substituents is 2. The van der Waals surface area contributed by atoms with Crippen molar-refractivity contribution in [1.29, 1.82) is 0 Å². The van der Waals surface area contributed by atoms with Gasteiger partial charge in [-0.1, -0.05) is 15.9 Å². The number of nitrogens with zero attached hydrogens (tertiary/aromatic N) is 1. The number of hydrogen-bond acceptors (Lipinski definition) is 4. The van der Waals surface area contributed by atoms with Gasteiger partial charge in [0.05, 0.1) is 15.2 Å². The maximum Gasteiger partial charge on any atom is 0.271 e. The van der Waals surface area contributed by atoms with Crippen LogP contribution in [0.25, 0.3) is 0 Å². The summed E-state index contributed by atoms with van der Waals surface area (Å²) in [6.45, 7) is 0. The number of carbonyl (C=O) groups excluding carboxylic acids is 1. The van der Waals surface area contributed by atoms with Crippen molar-refractivity contribution in [3.05, 3.63) is 54.9 Å². The molecule has 0 aliphatic heterocycles. The number of hydrogen-bond donors (Lipinski definition) is 3. The number of carbonyl (C=O) groups is 1. The van der Waals surface area contributed by atoms with Crippen molar-refractivity contribution < 1.29 is 15.0 Å². The van der Waals surface area contributed by atoms with Gasteiger partial charge < -0.3 is 10.2 Å². The third-order valence-electron chi connectivity index (χ3n) is 2.67. The van der Waals surface area contributed by atoms with Gasteiger partial charge in [-0.15, -0.1) is 0 Å². The lowest BCUT2D eigenvalue weighted by Gasteiger charge is -2.06. The molecule has 0 spiro atoms. The molecular formula is C14H9Br3N2O3. The summed E-state index contributed by atoms with van der Waals surface area (Å²) >= 11 is 9.82. The number of amides is 1. The van der Waals surface area contributed by atoms with Gasteiger partial charge in [0.25, 0.3) is 5.91 Å². The third-order valence-corrected chi connectivity index (χ3v) is 4.73. The van der Waals surface area contributed by atoms with E-state index in [9.17, 15) is 15.0 Å². The van der Waals surface area contributed by atoms with E-state index >= 15 is 0 Å². The quantitative estimate of drug-likeness (QED) is 0.445. The lowest BCUT2D eigenvalue weighted by Crippen LogP contribution is -2.17. The van der Waals surface area contributed by atoms with Crippen LogP contribution in [0.4, 0.5) is 0 Å². The van der Waals surface area contributed by atoms with E-state index in [4.69, 9.17) is 0 Å². The first-order chi connectivity index (χ1) is 10.4. The molecule has 5 nitrogen and oxygen atoms in total. The van der Waals surface area contributed by atoms with Crippen LogP contribution in [0.5, 0.6) is 11.5 Å². The molecule has 114 valence electrons. The van der Waals surface area contributed by atoms with Gasteiger partial charge in [-0.3, -0.25) is 4.79 Å². The standard InChI is InChI=1S/C14H9Br3N2O3/c15-10-5-11(16)13(21)12(17)9(10)6-18-19-14(22)7-1-3-8(20)4-2-7/h1-6,20-21H,(H,19,22)/b18-6+. The Labute approximate surface area is 151 Å². The second kappa shape index (κ2) is 7.26. The summed E-state index contributed by atoms with van der Waals surface area (Å²) in [5.41, 5.74) is 3.31. The summed E-state index contributed by atoms with van der Waals surface area (Å²) in [6.07, 6.45) is 1.40. The number of phenols is 2. The van der Waals surface area contributed by atoms with Gasteiger partial charge in [0.1, 0.15) is 11.5 Å². The van der Waals surface area contributed by atoms with Crippen molar-refractivity contribution in [3.8, 4) is 11.5 Å². The van der Waals surface area contributed by atoms with E-state index in [-0.39, 0.29) is 11.5 Å². The predicted molar refractivity (Wildman–Crippen MR) is 94.4 cm³/mol. The number of halogens is 3. The monoisotopic (exact) mass is 490 g/mol. The number of rotatable bonds is 3. The smallest absolute Gasteiger partial charge is 0.271 e. The highest BCUT2D eigenvalue weighted by molar-refractivity contribution is 9.11. The van der Waals surface area contributed by atoms with Crippen LogP contribution >= 0.6 is 47.8 Å². The van der Waals surface area contributed by atoms with Crippen LogP contribution < -0.4 is 5.43 Å². The molecule has 0 radical (unpaired) electrons. The fraction of sp³-hybridized carbons (Fsp3) is 0. The van der Waals surface area contributed by atoms with E-state index in [2.05, 4.69) is 58.3 Å². The average molecular weight is 493 g/mol. The molecule has 2 rings (SSSR count). The van der Waals surface area contributed by atoms with Gasteiger partial charge in [0.15, 0.2) is 0 Å². The van der Waals surface area contributed by atoms with E-state index in [1.54, 1.807) is 6.07 Å². The highest BCUT2D eigenvalue weighted by Crippen LogP contribution is 2.38. The molecule has 8 heteroatoms. The SMILES string of the molecule is O=C(N/N=C/c1c(Br)cc(Br)c(O)c1Br)c1ccc(O)cc1. The fourth-order valence-electron chi connectivity index (χ4n) is 1.55. The van der Waals surface area contributed by atoms with Gasteiger partial charge in [0.2, 0.25) is 0 Å². The molecule has 0 fully saturated rings. The minimum absolute atomic E-state index is 0.0366. The molecule has 0 aromatic heterocycles. The van der Waals surface area contributed by atoms with Gasteiger partial charge in [-0.25, -0.2) is 5.43 Å². The molecule has 2 aromatic carbocycles. The molecule has 0 unspecified atom stereocenters. The second-order valence-corrected chi connectivity index (χ2v) is 6.66. The Morgan fingerprint density at radius 3 is 2.36 bits per heavy atom. The van der Waals surface area contributed by atoms with E-state index in [0.717, 1.165) is 0 Å². The Kier molecular flexibility index (Phi) is 5.60. The maximum atomic E-state index is 11.9. The molecule has 0 heterocycles. The van der Waals surface area contributed by atoms with E-state index in [1.165, 1.54) is 30.5 Å². The van der Waals surface area contributed by atoms with Crippen molar-refractivity contribution in [2.24, 2.45) is 5.10 Å². The molecule has 3 N–H and O–H groups in total. The number of nitrogens with one attached hydrogen (secondary N) is 1. The van der Waals surface area contributed by atoms with E-state index in [0.29, 0.717) is 24.5 Å². The molecule has 0 saturated carbocycles. The minimum Gasteiger partial charge on any atom is -0.508 e. The first kappa shape index (κ1) is 17.0. The van der Waals surface area contributed by atoms with Crippen LogP contribution in [0.1, 0.15) is 15.9 Å². The second-order valence-electron chi connectivity index (χ2n) is 4.16. The van der Waals surface area contributed by atoms with Crippen molar-refractivity contribution >= 4 is 59.9 Å². The average Bonchev–Trinajstić information content (AvgIpc) is 2.49. The molecule has 22 heavy (non-hydrogen) atoms. The molecule has 0 atom stereocenters. The minimum atomic E-state index is -0.412. The van der Waals surface area contributed by atoms with Crippen LogP contribution in [-0.4, -0.2) is 22.3 Å². The van der Waals surface area contributed by atoms with Crippen molar-refractivity contribution in [3.63, 3.8) is 0 Å². The zero-order valence-electron chi connectivity index (χ0n) is 10.8. The summed E-state index contributed by atoms with van der Waals surface area (Å²) in [7, 11) is 0. The molecule has 0 saturated heterocycles. The Morgan fingerprint density at radius 1 is 1.09 bits per heavy atom.